The third-order valence-corrected chi connectivity index (χ3v) is 6.91. The van der Waals surface area contributed by atoms with E-state index in [1.54, 1.807) is 28.4 Å². The smallest absolute Gasteiger partial charge is 0.294 e. The highest BCUT2D eigenvalue weighted by molar-refractivity contribution is 7.10. The summed E-state index contributed by atoms with van der Waals surface area (Å²) in [6.07, 6.45) is 2.47. The molecule has 0 saturated heterocycles. The molecule has 6 heteroatoms. The summed E-state index contributed by atoms with van der Waals surface area (Å²) in [6.45, 7) is 2.02. The lowest BCUT2D eigenvalue weighted by Crippen LogP contribution is -2.48. The van der Waals surface area contributed by atoms with Crippen molar-refractivity contribution in [1.82, 2.24) is 0 Å². The number of para-hydroxylation sites is 2. The molecule has 2 unspecified atom stereocenters. The largest absolute Gasteiger partial charge is 0.459 e. The van der Waals surface area contributed by atoms with Crippen molar-refractivity contribution in [3.63, 3.8) is 0 Å². The molecule has 0 spiro atoms. The van der Waals surface area contributed by atoms with Crippen LogP contribution in [0.15, 0.2) is 94.9 Å². The molecule has 2 aromatic heterocycles. The molecule has 0 radical (unpaired) electrons. The number of hydrogen-bond donors (Lipinski definition) is 0. The fourth-order valence-corrected chi connectivity index (χ4v) is 5.28. The Balaban J connectivity index is 1.57. The zero-order chi connectivity index (χ0) is 22.8. The van der Waals surface area contributed by atoms with E-state index in [0.717, 1.165) is 21.8 Å². The van der Waals surface area contributed by atoms with Crippen LogP contribution in [0, 0.1) is 0 Å². The van der Waals surface area contributed by atoms with Crippen LogP contribution >= 0.6 is 11.3 Å². The van der Waals surface area contributed by atoms with E-state index in [9.17, 15) is 9.59 Å². The normalized spacial score (nSPS) is 17.4. The highest BCUT2D eigenvalue weighted by Gasteiger charge is 2.39. The molecule has 5 rings (SSSR count). The van der Waals surface area contributed by atoms with Crippen LogP contribution in [0.4, 0.5) is 11.4 Å². The standard InChI is InChI=1S/C27H24N2O3S/c1-19-17-24(22-12-5-6-13-23(22)28(19)27(31)25-14-7-15-32-25)29(20-9-3-2-4-10-20)26(30)18-21-11-8-16-33-21/h2-16,19,24H,17-18H2,1H3. The van der Waals surface area contributed by atoms with Gasteiger partial charge in [0.2, 0.25) is 5.91 Å². The first-order valence-electron chi connectivity index (χ1n) is 11.0. The Kier molecular flexibility index (Phi) is 5.84. The van der Waals surface area contributed by atoms with Crippen LogP contribution < -0.4 is 9.80 Å². The Morgan fingerprint density at radius 1 is 1.00 bits per heavy atom. The molecule has 33 heavy (non-hydrogen) atoms. The summed E-state index contributed by atoms with van der Waals surface area (Å²) in [7, 11) is 0. The molecule has 0 bridgehead atoms. The number of amides is 2. The van der Waals surface area contributed by atoms with Gasteiger partial charge in [0.15, 0.2) is 5.76 Å². The van der Waals surface area contributed by atoms with E-state index in [4.69, 9.17) is 4.42 Å². The molecule has 2 aromatic carbocycles. The van der Waals surface area contributed by atoms with E-state index in [-0.39, 0.29) is 23.9 Å². The first-order valence-corrected chi connectivity index (χ1v) is 11.9. The van der Waals surface area contributed by atoms with Crippen molar-refractivity contribution in [1.29, 1.82) is 0 Å². The van der Waals surface area contributed by atoms with Gasteiger partial charge in [0.1, 0.15) is 0 Å². The van der Waals surface area contributed by atoms with Crippen LogP contribution in [0.1, 0.15) is 40.4 Å². The highest BCUT2D eigenvalue weighted by Crippen LogP contribution is 2.43. The molecule has 2 atom stereocenters. The molecule has 3 heterocycles. The zero-order valence-electron chi connectivity index (χ0n) is 18.3. The number of anilines is 2. The number of benzene rings is 2. The van der Waals surface area contributed by atoms with E-state index < -0.39 is 0 Å². The first-order chi connectivity index (χ1) is 16.1. The molecule has 1 aliphatic heterocycles. The number of thiophene rings is 1. The quantitative estimate of drug-likeness (QED) is 0.365. The summed E-state index contributed by atoms with van der Waals surface area (Å²) < 4.78 is 5.40. The van der Waals surface area contributed by atoms with Gasteiger partial charge in [-0.25, -0.2) is 0 Å². The first kappa shape index (κ1) is 21.2. The Labute approximate surface area is 196 Å². The van der Waals surface area contributed by atoms with Gasteiger partial charge in [-0.1, -0.05) is 42.5 Å². The van der Waals surface area contributed by atoms with Crippen molar-refractivity contribution in [2.75, 3.05) is 9.80 Å². The molecule has 5 nitrogen and oxygen atoms in total. The summed E-state index contributed by atoms with van der Waals surface area (Å²) in [5, 5.41) is 1.99. The molecule has 0 aliphatic carbocycles. The number of nitrogens with zero attached hydrogens (tertiary/aromatic N) is 2. The van der Waals surface area contributed by atoms with Gasteiger partial charge in [-0.2, -0.15) is 0 Å². The van der Waals surface area contributed by atoms with E-state index >= 15 is 0 Å². The Hall–Kier alpha value is -3.64. The van der Waals surface area contributed by atoms with Gasteiger partial charge in [-0.15, -0.1) is 11.3 Å². The van der Waals surface area contributed by atoms with E-state index in [0.29, 0.717) is 18.6 Å². The molecule has 166 valence electrons. The molecule has 0 N–H and O–H groups in total. The van der Waals surface area contributed by atoms with Crippen molar-refractivity contribution < 1.29 is 14.0 Å². The molecule has 2 amide bonds. The summed E-state index contributed by atoms with van der Waals surface area (Å²) in [4.78, 5) is 31.7. The van der Waals surface area contributed by atoms with Crippen LogP contribution in [-0.4, -0.2) is 17.9 Å². The number of furan rings is 1. The number of fused-ring (bicyclic) bond motifs is 1. The van der Waals surface area contributed by atoms with Gasteiger partial charge in [0.25, 0.3) is 5.91 Å². The van der Waals surface area contributed by atoms with Crippen LogP contribution in [0.3, 0.4) is 0 Å². The van der Waals surface area contributed by atoms with E-state index in [1.165, 1.54) is 6.26 Å². The maximum atomic E-state index is 13.7. The van der Waals surface area contributed by atoms with Crippen molar-refractivity contribution >= 4 is 34.5 Å². The second-order valence-corrected chi connectivity index (χ2v) is 9.20. The lowest BCUT2D eigenvalue weighted by molar-refractivity contribution is -0.118. The van der Waals surface area contributed by atoms with E-state index in [1.807, 2.05) is 83.9 Å². The summed E-state index contributed by atoms with van der Waals surface area (Å²) in [5.74, 6) is 0.180. The van der Waals surface area contributed by atoms with Crippen molar-refractivity contribution in [2.45, 2.75) is 31.8 Å². The third-order valence-electron chi connectivity index (χ3n) is 6.03. The van der Waals surface area contributed by atoms with Crippen molar-refractivity contribution in [3.8, 4) is 0 Å². The molecular weight excluding hydrogens is 432 g/mol. The Bertz CT molecular complexity index is 1240. The van der Waals surface area contributed by atoms with Gasteiger partial charge in [0.05, 0.1) is 18.7 Å². The van der Waals surface area contributed by atoms with Crippen LogP contribution in [-0.2, 0) is 11.2 Å². The predicted molar refractivity (Wildman–Crippen MR) is 131 cm³/mol. The SMILES string of the molecule is CC1CC(N(C(=O)Cc2cccs2)c2ccccc2)c2ccccc2N1C(=O)c1ccco1. The fourth-order valence-electron chi connectivity index (χ4n) is 4.59. The van der Waals surface area contributed by atoms with Crippen molar-refractivity contribution in [3.05, 3.63) is 107 Å². The van der Waals surface area contributed by atoms with Crippen LogP contribution in [0.5, 0.6) is 0 Å². The van der Waals surface area contributed by atoms with Crippen molar-refractivity contribution in [2.24, 2.45) is 0 Å². The minimum Gasteiger partial charge on any atom is -0.459 e. The molecule has 4 aromatic rings. The second-order valence-electron chi connectivity index (χ2n) is 8.17. The number of rotatable bonds is 5. The maximum absolute atomic E-state index is 13.7. The van der Waals surface area contributed by atoms with Gasteiger partial charge in [-0.3, -0.25) is 9.59 Å². The number of hydrogen-bond acceptors (Lipinski definition) is 4. The summed E-state index contributed by atoms with van der Waals surface area (Å²) >= 11 is 1.59. The van der Waals surface area contributed by atoms with Gasteiger partial charge in [-0.05, 0) is 60.7 Å². The highest BCUT2D eigenvalue weighted by atomic mass is 32.1. The zero-order valence-corrected chi connectivity index (χ0v) is 19.1. The second kappa shape index (κ2) is 9.08. The number of carbonyl (C=O) groups is 2. The maximum Gasteiger partial charge on any atom is 0.294 e. The summed E-state index contributed by atoms with van der Waals surface area (Å²) in [5.41, 5.74) is 2.63. The topological polar surface area (TPSA) is 53.8 Å². The average molecular weight is 457 g/mol. The van der Waals surface area contributed by atoms with Crippen LogP contribution in [0.25, 0.3) is 0 Å². The van der Waals surface area contributed by atoms with Crippen LogP contribution in [0.2, 0.25) is 0 Å². The number of carbonyl (C=O) groups excluding carboxylic acids is 2. The lowest BCUT2D eigenvalue weighted by Gasteiger charge is -2.43. The molecular formula is C27H24N2O3S. The molecule has 1 aliphatic rings. The van der Waals surface area contributed by atoms with Gasteiger partial charge in [0, 0.05) is 22.3 Å². The minimum absolute atomic E-state index is 0.0430. The van der Waals surface area contributed by atoms with Gasteiger partial charge < -0.3 is 14.2 Å². The minimum atomic E-state index is -0.188. The van der Waals surface area contributed by atoms with Gasteiger partial charge >= 0.3 is 0 Å². The molecule has 0 saturated carbocycles. The molecule has 0 fully saturated rings. The predicted octanol–water partition coefficient (Wildman–Crippen LogP) is 6.10. The summed E-state index contributed by atoms with van der Waals surface area (Å²) in [6, 6.07) is 24.7. The fraction of sp³-hybridized carbons (Fsp3) is 0.185. The third kappa shape index (κ3) is 4.10. The monoisotopic (exact) mass is 456 g/mol. The average Bonchev–Trinajstić information content (AvgIpc) is 3.54. The Morgan fingerprint density at radius 2 is 1.79 bits per heavy atom. The van der Waals surface area contributed by atoms with E-state index in [2.05, 4.69) is 0 Å². The Morgan fingerprint density at radius 3 is 2.52 bits per heavy atom. The lowest BCUT2D eigenvalue weighted by atomic mass is 9.89.